The van der Waals surface area contributed by atoms with Crippen molar-refractivity contribution in [3.63, 3.8) is 0 Å². The molecule has 0 fully saturated rings. The summed E-state index contributed by atoms with van der Waals surface area (Å²) < 4.78 is 8.10. The fourth-order valence-electron chi connectivity index (χ4n) is 2.92. The third-order valence-electron chi connectivity index (χ3n) is 4.05. The van der Waals surface area contributed by atoms with Gasteiger partial charge in [-0.3, -0.25) is 14.3 Å². The summed E-state index contributed by atoms with van der Waals surface area (Å²) in [7, 11) is 1.72. The van der Waals surface area contributed by atoms with Crippen LogP contribution in [0.4, 0.5) is 0 Å². The van der Waals surface area contributed by atoms with E-state index in [0.717, 1.165) is 0 Å². The molecule has 0 unspecified atom stereocenters. The molecule has 26 heavy (non-hydrogen) atoms. The number of hydrogen-bond acceptors (Lipinski definition) is 5. The normalized spacial score (nSPS) is 11.1. The molecule has 0 saturated carbocycles. The van der Waals surface area contributed by atoms with E-state index in [2.05, 4.69) is 10.1 Å². The summed E-state index contributed by atoms with van der Waals surface area (Å²) in [4.78, 5) is 29.7. The van der Waals surface area contributed by atoms with Crippen molar-refractivity contribution >= 4 is 28.5 Å². The van der Waals surface area contributed by atoms with Crippen molar-refractivity contribution in [1.29, 1.82) is 0 Å². The lowest BCUT2D eigenvalue weighted by molar-refractivity contribution is -0.142. The van der Waals surface area contributed by atoms with Gasteiger partial charge in [0, 0.05) is 24.1 Å². The van der Waals surface area contributed by atoms with Crippen molar-refractivity contribution in [2.24, 2.45) is 7.05 Å². The van der Waals surface area contributed by atoms with Crippen LogP contribution in [0.3, 0.4) is 0 Å². The SMILES string of the molecule is CCOC(=O)Cc1cnn(C)c1-n1c(CC)nc2cc(Cl)ccc2c1=O. The van der Waals surface area contributed by atoms with Gasteiger partial charge in [-0.1, -0.05) is 18.5 Å². The molecule has 2 aromatic heterocycles. The molecule has 1 aromatic carbocycles. The Morgan fingerprint density at radius 3 is 2.77 bits per heavy atom. The van der Waals surface area contributed by atoms with Gasteiger partial charge in [-0.05, 0) is 25.1 Å². The van der Waals surface area contributed by atoms with Gasteiger partial charge in [0.1, 0.15) is 11.6 Å². The zero-order valence-electron chi connectivity index (χ0n) is 14.8. The van der Waals surface area contributed by atoms with Gasteiger partial charge in [-0.2, -0.15) is 5.10 Å². The highest BCUT2D eigenvalue weighted by Crippen LogP contribution is 2.20. The molecule has 0 atom stereocenters. The summed E-state index contributed by atoms with van der Waals surface area (Å²) >= 11 is 6.03. The van der Waals surface area contributed by atoms with Crippen LogP contribution in [0.25, 0.3) is 16.7 Å². The molecule has 0 bridgehead atoms. The molecule has 0 amide bonds. The van der Waals surface area contributed by atoms with E-state index in [4.69, 9.17) is 16.3 Å². The van der Waals surface area contributed by atoms with Crippen LogP contribution in [-0.2, 0) is 29.4 Å². The summed E-state index contributed by atoms with van der Waals surface area (Å²) in [5.41, 5.74) is 0.930. The summed E-state index contributed by atoms with van der Waals surface area (Å²) in [6.45, 7) is 3.96. The lowest BCUT2D eigenvalue weighted by atomic mass is 10.2. The van der Waals surface area contributed by atoms with Crippen LogP contribution in [0.2, 0.25) is 5.02 Å². The Labute approximate surface area is 155 Å². The molecule has 3 aromatic rings. The van der Waals surface area contributed by atoms with E-state index in [1.165, 1.54) is 4.57 Å². The lowest BCUT2D eigenvalue weighted by Gasteiger charge is -2.14. The molecule has 7 nitrogen and oxygen atoms in total. The van der Waals surface area contributed by atoms with Gasteiger partial charge in [0.25, 0.3) is 5.56 Å². The molecule has 8 heteroatoms. The Morgan fingerprint density at radius 1 is 1.31 bits per heavy atom. The molecule has 0 saturated heterocycles. The van der Waals surface area contributed by atoms with Crippen LogP contribution in [-0.4, -0.2) is 31.9 Å². The molecule has 136 valence electrons. The number of halogens is 1. The van der Waals surface area contributed by atoms with Gasteiger partial charge in [0.05, 0.1) is 30.1 Å². The first-order chi connectivity index (χ1) is 12.5. The van der Waals surface area contributed by atoms with Crippen molar-refractivity contribution in [3.8, 4) is 5.82 Å². The number of aryl methyl sites for hydroxylation is 2. The zero-order valence-corrected chi connectivity index (χ0v) is 15.6. The lowest BCUT2D eigenvalue weighted by Crippen LogP contribution is -2.27. The number of esters is 1. The molecule has 0 radical (unpaired) electrons. The number of fused-ring (bicyclic) bond motifs is 1. The fourth-order valence-corrected chi connectivity index (χ4v) is 3.08. The van der Waals surface area contributed by atoms with Crippen LogP contribution in [0.5, 0.6) is 0 Å². The minimum atomic E-state index is -0.367. The predicted octanol–water partition coefficient (Wildman–Crippen LogP) is 2.44. The van der Waals surface area contributed by atoms with Crippen LogP contribution >= 0.6 is 11.6 Å². The second kappa shape index (κ2) is 7.29. The monoisotopic (exact) mass is 374 g/mol. The first-order valence-corrected chi connectivity index (χ1v) is 8.72. The van der Waals surface area contributed by atoms with Crippen LogP contribution in [0, 0.1) is 0 Å². The van der Waals surface area contributed by atoms with Gasteiger partial charge in [-0.25, -0.2) is 9.55 Å². The highest BCUT2D eigenvalue weighted by atomic mass is 35.5. The van der Waals surface area contributed by atoms with E-state index in [1.807, 2.05) is 6.92 Å². The molecule has 0 aliphatic rings. The zero-order chi connectivity index (χ0) is 18.8. The highest BCUT2D eigenvalue weighted by molar-refractivity contribution is 6.31. The Hall–Kier alpha value is -2.67. The fraction of sp³-hybridized carbons (Fsp3) is 0.333. The maximum Gasteiger partial charge on any atom is 0.310 e. The quantitative estimate of drug-likeness (QED) is 0.641. The topological polar surface area (TPSA) is 79.0 Å². The van der Waals surface area contributed by atoms with Crippen LogP contribution in [0.15, 0.2) is 29.2 Å². The third-order valence-corrected chi connectivity index (χ3v) is 4.28. The number of rotatable bonds is 5. The van der Waals surface area contributed by atoms with E-state index in [-0.39, 0.29) is 17.9 Å². The molecular formula is C18H19ClN4O3. The summed E-state index contributed by atoms with van der Waals surface area (Å²) in [5, 5.41) is 5.19. The molecule has 3 rings (SSSR count). The number of benzene rings is 1. The minimum absolute atomic E-state index is 0.0330. The maximum absolute atomic E-state index is 13.2. The van der Waals surface area contributed by atoms with Crippen LogP contribution < -0.4 is 5.56 Å². The first kappa shape index (κ1) is 18.1. The summed E-state index contributed by atoms with van der Waals surface area (Å²) in [6, 6.07) is 4.99. The second-order valence-electron chi connectivity index (χ2n) is 5.78. The Kier molecular flexibility index (Phi) is 5.08. The van der Waals surface area contributed by atoms with Crippen LogP contribution in [0.1, 0.15) is 25.2 Å². The van der Waals surface area contributed by atoms with Gasteiger partial charge in [0.2, 0.25) is 0 Å². The smallest absolute Gasteiger partial charge is 0.310 e. The average molecular weight is 375 g/mol. The van der Waals surface area contributed by atoms with Gasteiger partial charge < -0.3 is 4.74 Å². The summed E-state index contributed by atoms with van der Waals surface area (Å²) in [6.07, 6.45) is 2.14. The van der Waals surface area contributed by atoms with Crippen molar-refractivity contribution in [2.75, 3.05) is 6.61 Å². The van der Waals surface area contributed by atoms with E-state index >= 15 is 0 Å². The largest absolute Gasteiger partial charge is 0.466 e. The standard InChI is InChI=1S/C18H19ClN4O3/c1-4-15-21-14-9-12(19)6-7-13(14)18(25)23(15)17-11(10-20-22(17)3)8-16(24)26-5-2/h6-7,9-10H,4-5,8H2,1-3H3. The van der Waals surface area contributed by atoms with Crippen molar-refractivity contribution in [2.45, 2.75) is 26.7 Å². The van der Waals surface area contributed by atoms with Gasteiger partial charge >= 0.3 is 5.97 Å². The molecule has 0 spiro atoms. The van der Waals surface area contributed by atoms with E-state index in [1.54, 1.807) is 43.0 Å². The first-order valence-electron chi connectivity index (χ1n) is 8.34. The summed E-state index contributed by atoms with van der Waals surface area (Å²) in [5.74, 6) is 0.719. The van der Waals surface area contributed by atoms with Crippen molar-refractivity contribution in [1.82, 2.24) is 19.3 Å². The van der Waals surface area contributed by atoms with E-state index in [0.29, 0.717) is 46.2 Å². The maximum atomic E-state index is 13.2. The number of hydrogen-bond donors (Lipinski definition) is 0. The van der Waals surface area contributed by atoms with E-state index in [9.17, 15) is 9.59 Å². The van der Waals surface area contributed by atoms with Gasteiger partial charge in [0.15, 0.2) is 0 Å². The molecule has 0 aliphatic carbocycles. The van der Waals surface area contributed by atoms with Crippen molar-refractivity contribution < 1.29 is 9.53 Å². The number of nitrogens with zero attached hydrogens (tertiary/aromatic N) is 4. The Morgan fingerprint density at radius 2 is 2.08 bits per heavy atom. The van der Waals surface area contributed by atoms with Crippen molar-refractivity contribution in [3.05, 3.63) is 51.2 Å². The average Bonchev–Trinajstić information content (AvgIpc) is 2.95. The molecule has 0 aliphatic heterocycles. The van der Waals surface area contributed by atoms with Gasteiger partial charge in [-0.15, -0.1) is 0 Å². The Balaban J connectivity index is 2.24. The second-order valence-corrected chi connectivity index (χ2v) is 6.22. The minimum Gasteiger partial charge on any atom is -0.466 e. The predicted molar refractivity (Wildman–Crippen MR) is 98.8 cm³/mol. The Bertz CT molecular complexity index is 1040. The third kappa shape index (κ3) is 3.22. The van der Waals surface area contributed by atoms with E-state index < -0.39 is 0 Å². The molecule has 2 heterocycles. The number of ether oxygens (including phenoxy) is 1. The highest BCUT2D eigenvalue weighted by Gasteiger charge is 2.20. The number of carbonyl (C=O) groups excluding carboxylic acids is 1. The molecule has 0 N–H and O–H groups in total. The number of carbonyl (C=O) groups is 1. The number of aromatic nitrogens is 4. The molecular weight excluding hydrogens is 356 g/mol.